The van der Waals surface area contributed by atoms with Gasteiger partial charge in [-0.05, 0) is 32.6 Å². The minimum Gasteiger partial charge on any atom is -0.198 e. The summed E-state index contributed by atoms with van der Waals surface area (Å²) >= 11 is 0. The van der Waals surface area contributed by atoms with E-state index in [1.807, 2.05) is 6.92 Å². The van der Waals surface area contributed by atoms with Crippen LogP contribution in [0.3, 0.4) is 0 Å². The van der Waals surface area contributed by atoms with Crippen molar-refractivity contribution >= 4 is 0 Å². The van der Waals surface area contributed by atoms with E-state index < -0.39 is 0 Å². The van der Waals surface area contributed by atoms with Gasteiger partial charge in [0.05, 0.1) is 6.07 Å². The molecule has 0 aromatic carbocycles. The minimum atomic E-state index is 0.701. The van der Waals surface area contributed by atoms with Gasteiger partial charge in [-0.3, -0.25) is 0 Å². The number of unbranched alkanes of at least 4 members (excludes halogenated alkanes) is 4. The average molecular weight is 203 g/mol. The smallest absolute Gasteiger partial charge is 0.0621 e. The summed E-state index contributed by atoms with van der Waals surface area (Å²) in [6.45, 7) is 2.03. The molecule has 0 aliphatic rings. The van der Waals surface area contributed by atoms with Gasteiger partial charge >= 0.3 is 0 Å². The molecule has 0 aliphatic heterocycles. The van der Waals surface area contributed by atoms with Crippen LogP contribution in [0.15, 0.2) is 36.5 Å². The van der Waals surface area contributed by atoms with Gasteiger partial charge in [0.1, 0.15) is 0 Å². The third-order valence-electron chi connectivity index (χ3n) is 2.05. The van der Waals surface area contributed by atoms with Gasteiger partial charge < -0.3 is 0 Å². The predicted molar refractivity (Wildman–Crippen MR) is 66.4 cm³/mol. The molecular weight excluding hydrogens is 182 g/mol. The van der Waals surface area contributed by atoms with Crippen molar-refractivity contribution in [1.82, 2.24) is 0 Å². The van der Waals surface area contributed by atoms with E-state index in [0.29, 0.717) is 6.42 Å². The zero-order chi connectivity index (χ0) is 11.2. The van der Waals surface area contributed by atoms with E-state index >= 15 is 0 Å². The van der Waals surface area contributed by atoms with Crippen LogP contribution in [0.4, 0.5) is 0 Å². The molecule has 0 unspecified atom stereocenters. The Balaban J connectivity index is 3.24. The highest BCUT2D eigenvalue weighted by Crippen LogP contribution is 2.02. The molecule has 0 saturated heterocycles. The first kappa shape index (κ1) is 13.7. The molecule has 82 valence electrons. The highest BCUT2D eigenvalue weighted by molar-refractivity contribution is 5.04. The highest BCUT2D eigenvalue weighted by Gasteiger charge is 1.85. The van der Waals surface area contributed by atoms with Crippen LogP contribution in [0, 0.1) is 11.3 Å². The van der Waals surface area contributed by atoms with E-state index in [2.05, 4.69) is 42.5 Å². The lowest BCUT2D eigenvalue weighted by atomic mass is 10.1. The Morgan fingerprint density at radius 3 is 2.53 bits per heavy atom. The van der Waals surface area contributed by atoms with Crippen LogP contribution in [0.5, 0.6) is 0 Å². The maximum atomic E-state index is 8.33. The van der Waals surface area contributed by atoms with Gasteiger partial charge in [0.2, 0.25) is 0 Å². The molecule has 0 radical (unpaired) electrons. The summed E-state index contributed by atoms with van der Waals surface area (Å²) in [5, 5.41) is 8.33. The first-order chi connectivity index (χ1) is 7.41. The first-order valence-corrected chi connectivity index (χ1v) is 5.71. The summed E-state index contributed by atoms with van der Waals surface area (Å²) in [5.74, 6) is 0. The summed E-state index contributed by atoms with van der Waals surface area (Å²) in [4.78, 5) is 0. The van der Waals surface area contributed by atoms with Crippen LogP contribution < -0.4 is 0 Å². The highest BCUT2D eigenvalue weighted by atomic mass is 14.2. The zero-order valence-corrected chi connectivity index (χ0v) is 9.65. The summed E-state index contributed by atoms with van der Waals surface area (Å²) in [6.07, 6.45) is 19.0. The van der Waals surface area contributed by atoms with E-state index in [4.69, 9.17) is 5.26 Å². The molecule has 0 heterocycles. The molecule has 0 rings (SSSR count). The van der Waals surface area contributed by atoms with Crippen molar-refractivity contribution in [3.63, 3.8) is 0 Å². The molecule has 1 nitrogen and oxygen atoms in total. The standard InChI is InChI=1S/C14H21N/c1-2-3-4-5-6-7-8-9-10-11-12-13-14-15/h2-3,5-8H,4,9-13H2,1H3/b3-2+,6-5+,8-7+. The van der Waals surface area contributed by atoms with Gasteiger partial charge in [0, 0.05) is 6.42 Å². The van der Waals surface area contributed by atoms with Crippen LogP contribution in [0.1, 0.15) is 45.4 Å². The van der Waals surface area contributed by atoms with Gasteiger partial charge in [-0.2, -0.15) is 5.26 Å². The minimum absolute atomic E-state index is 0.701. The van der Waals surface area contributed by atoms with E-state index in [1.165, 1.54) is 12.8 Å². The summed E-state index contributed by atoms with van der Waals surface area (Å²) in [6, 6.07) is 2.16. The molecule has 0 spiro atoms. The lowest BCUT2D eigenvalue weighted by Crippen LogP contribution is -1.74. The number of hydrogen-bond acceptors (Lipinski definition) is 1. The van der Waals surface area contributed by atoms with E-state index in [1.54, 1.807) is 0 Å². The van der Waals surface area contributed by atoms with E-state index in [-0.39, 0.29) is 0 Å². The Kier molecular flexibility index (Phi) is 11.6. The van der Waals surface area contributed by atoms with Crippen LogP contribution in [-0.2, 0) is 0 Å². The molecule has 0 amide bonds. The molecule has 0 aromatic rings. The fraction of sp³-hybridized carbons (Fsp3) is 0.500. The van der Waals surface area contributed by atoms with E-state index in [0.717, 1.165) is 19.3 Å². The molecular formula is C14H21N. The van der Waals surface area contributed by atoms with Crippen molar-refractivity contribution in [3.05, 3.63) is 36.5 Å². The molecule has 15 heavy (non-hydrogen) atoms. The first-order valence-electron chi connectivity index (χ1n) is 5.71. The maximum absolute atomic E-state index is 8.33. The molecule has 0 fully saturated rings. The average Bonchev–Trinajstić information content (AvgIpc) is 2.26. The summed E-state index contributed by atoms with van der Waals surface area (Å²) in [5.41, 5.74) is 0. The Hall–Kier alpha value is -1.29. The second kappa shape index (κ2) is 12.7. The molecule has 0 N–H and O–H groups in total. The maximum Gasteiger partial charge on any atom is 0.0621 e. The normalized spacial score (nSPS) is 11.7. The van der Waals surface area contributed by atoms with Crippen molar-refractivity contribution < 1.29 is 0 Å². The SMILES string of the molecule is C/C=C/C/C=C/C=C/CCCCCC#N. The van der Waals surface area contributed by atoms with Gasteiger partial charge in [-0.15, -0.1) is 0 Å². The zero-order valence-electron chi connectivity index (χ0n) is 9.65. The number of nitriles is 1. The molecule has 0 saturated carbocycles. The summed E-state index contributed by atoms with van der Waals surface area (Å²) < 4.78 is 0. The number of hydrogen-bond donors (Lipinski definition) is 0. The second-order valence-corrected chi connectivity index (χ2v) is 3.42. The van der Waals surface area contributed by atoms with Crippen LogP contribution >= 0.6 is 0 Å². The predicted octanol–water partition coefficient (Wildman–Crippen LogP) is 4.54. The summed E-state index contributed by atoms with van der Waals surface area (Å²) in [7, 11) is 0. The van der Waals surface area contributed by atoms with Crippen LogP contribution in [0.2, 0.25) is 0 Å². The third kappa shape index (κ3) is 12.7. The molecule has 0 atom stereocenters. The van der Waals surface area contributed by atoms with Crippen molar-refractivity contribution in [3.8, 4) is 6.07 Å². The van der Waals surface area contributed by atoms with Crippen molar-refractivity contribution in [2.45, 2.75) is 45.4 Å². The lowest BCUT2D eigenvalue weighted by molar-refractivity contribution is 0.700. The van der Waals surface area contributed by atoms with Crippen molar-refractivity contribution in [2.75, 3.05) is 0 Å². The largest absolute Gasteiger partial charge is 0.198 e. The van der Waals surface area contributed by atoms with Gasteiger partial charge in [-0.25, -0.2) is 0 Å². The molecule has 1 heteroatoms. The van der Waals surface area contributed by atoms with E-state index in [9.17, 15) is 0 Å². The monoisotopic (exact) mass is 203 g/mol. The topological polar surface area (TPSA) is 23.8 Å². The fourth-order valence-corrected chi connectivity index (χ4v) is 1.19. The Morgan fingerprint density at radius 1 is 1.00 bits per heavy atom. The number of nitrogens with zero attached hydrogens (tertiary/aromatic N) is 1. The van der Waals surface area contributed by atoms with Crippen molar-refractivity contribution in [1.29, 1.82) is 5.26 Å². The van der Waals surface area contributed by atoms with Crippen LogP contribution in [0.25, 0.3) is 0 Å². The molecule has 0 aliphatic carbocycles. The Labute approximate surface area is 93.8 Å². The number of rotatable bonds is 8. The van der Waals surface area contributed by atoms with Crippen molar-refractivity contribution in [2.24, 2.45) is 0 Å². The Morgan fingerprint density at radius 2 is 1.80 bits per heavy atom. The lowest BCUT2D eigenvalue weighted by Gasteiger charge is -1.91. The van der Waals surface area contributed by atoms with Gasteiger partial charge in [0.15, 0.2) is 0 Å². The quantitative estimate of drug-likeness (QED) is 0.323. The van der Waals surface area contributed by atoms with Crippen LogP contribution in [-0.4, -0.2) is 0 Å². The molecule has 0 bridgehead atoms. The third-order valence-corrected chi connectivity index (χ3v) is 2.05. The molecule has 0 aromatic heterocycles. The second-order valence-electron chi connectivity index (χ2n) is 3.42. The van der Waals surface area contributed by atoms with Gasteiger partial charge in [-0.1, -0.05) is 42.9 Å². The number of allylic oxidation sites excluding steroid dienone is 6. The van der Waals surface area contributed by atoms with Gasteiger partial charge in [0.25, 0.3) is 0 Å². The Bertz CT molecular complexity index is 241. The fourth-order valence-electron chi connectivity index (χ4n) is 1.19.